The maximum absolute atomic E-state index is 12.6. The summed E-state index contributed by atoms with van der Waals surface area (Å²) in [5, 5.41) is 12.0. The number of carbonyl (C=O) groups is 1. The number of benzene rings is 1. The Morgan fingerprint density at radius 1 is 1.20 bits per heavy atom. The number of nitrogens with zero attached hydrogens (tertiary/aromatic N) is 3. The standard InChI is InChI=1S/C24H34N4O2/c1-17(2)30-14-6-12-25-24(29)21-7-5-13-28(16-21)23-11-10-22(26-27-23)20-9-8-18(3)19(4)15-20/h8-11,15,17,21H,5-7,12-14,16H2,1-4H3,(H,25,29)/t21-/m0/s1. The van der Waals surface area contributed by atoms with Gasteiger partial charge in [-0.25, -0.2) is 0 Å². The van der Waals surface area contributed by atoms with Gasteiger partial charge in [-0.1, -0.05) is 12.1 Å². The fraction of sp³-hybridized carbons (Fsp3) is 0.542. The van der Waals surface area contributed by atoms with Gasteiger partial charge in [0.15, 0.2) is 5.82 Å². The first kappa shape index (κ1) is 22.2. The van der Waals surface area contributed by atoms with Gasteiger partial charge < -0.3 is 15.0 Å². The van der Waals surface area contributed by atoms with Gasteiger partial charge in [0.25, 0.3) is 0 Å². The Balaban J connectivity index is 1.54. The molecule has 0 radical (unpaired) electrons. The molecule has 1 saturated heterocycles. The van der Waals surface area contributed by atoms with E-state index in [1.807, 2.05) is 26.0 Å². The summed E-state index contributed by atoms with van der Waals surface area (Å²) in [6, 6.07) is 10.4. The number of hydrogen-bond donors (Lipinski definition) is 1. The smallest absolute Gasteiger partial charge is 0.224 e. The third-order valence-corrected chi connectivity index (χ3v) is 5.64. The third-order valence-electron chi connectivity index (χ3n) is 5.64. The highest BCUT2D eigenvalue weighted by atomic mass is 16.5. The molecule has 162 valence electrons. The molecule has 6 heteroatoms. The van der Waals surface area contributed by atoms with Crippen molar-refractivity contribution in [3.8, 4) is 11.3 Å². The highest BCUT2D eigenvalue weighted by Crippen LogP contribution is 2.24. The van der Waals surface area contributed by atoms with Crippen LogP contribution in [0, 0.1) is 19.8 Å². The molecule has 0 unspecified atom stereocenters. The molecule has 2 heterocycles. The van der Waals surface area contributed by atoms with Crippen molar-refractivity contribution in [3.05, 3.63) is 41.5 Å². The first-order valence-corrected chi connectivity index (χ1v) is 11.0. The first-order chi connectivity index (χ1) is 14.4. The second-order valence-electron chi connectivity index (χ2n) is 8.43. The Morgan fingerprint density at radius 2 is 2.03 bits per heavy atom. The van der Waals surface area contributed by atoms with Crippen LogP contribution in [-0.2, 0) is 9.53 Å². The molecular formula is C24H34N4O2. The van der Waals surface area contributed by atoms with Crippen molar-refractivity contribution in [1.29, 1.82) is 0 Å². The van der Waals surface area contributed by atoms with Gasteiger partial charge in [-0.05, 0) is 76.3 Å². The van der Waals surface area contributed by atoms with E-state index >= 15 is 0 Å². The van der Waals surface area contributed by atoms with Crippen LogP contribution in [0.5, 0.6) is 0 Å². The Labute approximate surface area is 180 Å². The van der Waals surface area contributed by atoms with E-state index in [0.717, 1.165) is 42.9 Å². The Kier molecular flexibility index (Phi) is 7.80. The summed E-state index contributed by atoms with van der Waals surface area (Å²) >= 11 is 0. The first-order valence-electron chi connectivity index (χ1n) is 11.0. The summed E-state index contributed by atoms with van der Waals surface area (Å²) in [5.74, 6) is 0.959. The molecule has 1 aliphatic rings. The molecule has 3 rings (SSSR count). The molecular weight excluding hydrogens is 376 g/mol. The fourth-order valence-corrected chi connectivity index (χ4v) is 3.69. The largest absolute Gasteiger partial charge is 0.379 e. The summed E-state index contributed by atoms with van der Waals surface area (Å²) in [5.41, 5.74) is 4.47. The molecule has 0 saturated carbocycles. The normalized spacial score (nSPS) is 16.7. The highest BCUT2D eigenvalue weighted by molar-refractivity contribution is 5.79. The molecule has 30 heavy (non-hydrogen) atoms. The number of aromatic nitrogens is 2. The number of hydrogen-bond acceptors (Lipinski definition) is 5. The van der Waals surface area contributed by atoms with Crippen molar-refractivity contribution < 1.29 is 9.53 Å². The molecule has 1 aromatic carbocycles. The molecule has 1 aromatic heterocycles. The molecule has 2 aromatic rings. The predicted octanol–water partition coefficient (Wildman–Crippen LogP) is 3.91. The summed E-state index contributed by atoms with van der Waals surface area (Å²) in [6.45, 7) is 11.2. The SMILES string of the molecule is Cc1ccc(-c2ccc(N3CCC[C@H](C(=O)NCCCOC(C)C)C3)nn2)cc1C. The minimum atomic E-state index is -0.00834. The van der Waals surface area contributed by atoms with Crippen LogP contribution in [-0.4, -0.2) is 48.4 Å². The van der Waals surface area contributed by atoms with Crippen LogP contribution >= 0.6 is 0 Å². The molecule has 6 nitrogen and oxygen atoms in total. The summed E-state index contributed by atoms with van der Waals surface area (Å²) in [4.78, 5) is 14.7. The van der Waals surface area contributed by atoms with Gasteiger partial charge in [0.1, 0.15) is 0 Å². The minimum absolute atomic E-state index is 0.00834. The van der Waals surface area contributed by atoms with Gasteiger partial charge in [-0.2, -0.15) is 0 Å². The van der Waals surface area contributed by atoms with Gasteiger partial charge in [0.05, 0.1) is 17.7 Å². The van der Waals surface area contributed by atoms with Crippen LogP contribution < -0.4 is 10.2 Å². The number of ether oxygens (including phenoxy) is 1. The van der Waals surface area contributed by atoms with E-state index < -0.39 is 0 Å². The molecule has 0 bridgehead atoms. The summed E-state index contributed by atoms with van der Waals surface area (Å²) in [6.07, 6.45) is 2.97. The highest BCUT2D eigenvalue weighted by Gasteiger charge is 2.26. The van der Waals surface area contributed by atoms with E-state index in [1.165, 1.54) is 11.1 Å². The fourth-order valence-electron chi connectivity index (χ4n) is 3.69. The number of aryl methyl sites for hydroxylation is 2. The van der Waals surface area contributed by atoms with E-state index in [1.54, 1.807) is 0 Å². The molecule has 1 atom stereocenters. The van der Waals surface area contributed by atoms with Crippen molar-refractivity contribution in [1.82, 2.24) is 15.5 Å². The van der Waals surface area contributed by atoms with Crippen LogP contribution in [0.25, 0.3) is 11.3 Å². The van der Waals surface area contributed by atoms with E-state index in [4.69, 9.17) is 4.74 Å². The van der Waals surface area contributed by atoms with Crippen LogP contribution in [0.4, 0.5) is 5.82 Å². The molecule has 1 aliphatic heterocycles. The number of nitrogens with one attached hydrogen (secondary N) is 1. The summed E-state index contributed by atoms with van der Waals surface area (Å²) < 4.78 is 5.52. The van der Waals surface area contributed by atoms with Gasteiger partial charge in [-0.3, -0.25) is 4.79 Å². The molecule has 0 spiro atoms. The van der Waals surface area contributed by atoms with Crippen molar-refractivity contribution in [3.63, 3.8) is 0 Å². The van der Waals surface area contributed by atoms with Crippen LogP contribution in [0.15, 0.2) is 30.3 Å². The number of amides is 1. The predicted molar refractivity (Wildman–Crippen MR) is 121 cm³/mol. The van der Waals surface area contributed by atoms with Gasteiger partial charge >= 0.3 is 0 Å². The van der Waals surface area contributed by atoms with Crippen LogP contribution in [0.3, 0.4) is 0 Å². The number of anilines is 1. The Hall–Kier alpha value is -2.47. The maximum atomic E-state index is 12.6. The summed E-state index contributed by atoms with van der Waals surface area (Å²) in [7, 11) is 0. The lowest BCUT2D eigenvalue weighted by molar-refractivity contribution is -0.125. The third kappa shape index (κ3) is 6.02. The topological polar surface area (TPSA) is 67.4 Å². The number of piperidine rings is 1. The van der Waals surface area contributed by atoms with Crippen molar-refractivity contribution in [2.45, 2.75) is 53.1 Å². The second-order valence-corrected chi connectivity index (χ2v) is 8.43. The molecule has 1 N–H and O–H groups in total. The zero-order chi connectivity index (χ0) is 21.5. The van der Waals surface area contributed by atoms with E-state index in [0.29, 0.717) is 19.7 Å². The zero-order valence-electron chi connectivity index (χ0n) is 18.6. The maximum Gasteiger partial charge on any atom is 0.224 e. The number of rotatable bonds is 8. The Morgan fingerprint density at radius 3 is 2.73 bits per heavy atom. The molecule has 1 fully saturated rings. The zero-order valence-corrected chi connectivity index (χ0v) is 18.6. The van der Waals surface area contributed by atoms with E-state index in [-0.39, 0.29) is 17.9 Å². The van der Waals surface area contributed by atoms with Gasteiger partial charge in [0.2, 0.25) is 5.91 Å². The lowest BCUT2D eigenvalue weighted by atomic mass is 9.97. The Bertz CT molecular complexity index is 836. The number of carbonyl (C=O) groups excluding carboxylic acids is 1. The molecule has 1 amide bonds. The molecule has 0 aliphatic carbocycles. The lowest BCUT2D eigenvalue weighted by Gasteiger charge is -2.32. The second kappa shape index (κ2) is 10.5. The van der Waals surface area contributed by atoms with Gasteiger partial charge in [-0.15, -0.1) is 10.2 Å². The minimum Gasteiger partial charge on any atom is -0.379 e. The van der Waals surface area contributed by atoms with Gasteiger partial charge in [0, 0.05) is 31.8 Å². The van der Waals surface area contributed by atoms with E-state index in [2.05, 4.69) is 52.5 Å². The van der Waals surface area contributed by atoms with Crippen molar-refractivity contribution in [2.24, 2.45) is 5.92 Å². The van der Waals surface area contributed by atoms with Crippen LogP contribution in [0.1, 0.15) is 44.2 Å². The quantitative estimate of drug-likeness (QED) is 0.669. The average molecular weight is 411 g/mol. The average Bonchev–Trinajstić information content (AvgIpc) is 2.75. The lowest BCUT2D eigenvalue weighted by Crippen LogP contribution is -2.43. The van der Waals surface area contributed by atoms with E-state index in [9.17, 15) is 4.79 Å². The monoisotopic (exact) mass is 410 g/mol. The van der Waals surface area contributed by atoms with Crippen LogP contribution in [0.2, 0.25) is 0 Å². The van der Waals surface area contributed by atoms with Crippen molar-refractivity contribution in [2.75, 3.05) is 31.1 Å². The van der Waals surface area contributed by atoms with Crippen molar-refractivity contribution >= 4 is 11.7 Å².